The first-order valence-electron chi connectivity index (χ1n) is 25.2. The van der Waals surface area contributed by atoms with Crippen molar-refractivity contribution in [3.05, 3.63) is 224 Å². The van der Waals surface area contributed by atoms with E-state index in [0.717, 1.165) is 52.6 Å². The van der Waals surface area contributed by atoms with Crippen molar-refractivity contribution in [3.8, 4) is 23.0 Å². The van der Waals surface area contributed by atoms with E-state index in [1.165, 1.54) is 30.3 Å². The van der Waals surface area contributed by atoms with Crippen molar-refractivity contribution < 1.29 is 33.2 Å². The molecule has 72 heavy (non-hydrogen) atoms. The van der Waals surface area contributed by atoms with Gasteiger partial charge in [-0.15, -0.1) is 0 Å². The summed E-state index contributed by atoms with van der Waals surface area (Å²) < 4.78 is 47.8. The van der Waals surface area contributed by atoms with Crippen LogP contribution >= 0.6 is 0 Å². The van der Waals surface area contributed by atoms with Gasteiger partial charge in [-0.2, -0.15) is 0 Å². The van der Waals surface area contributed by atoms with Crippen molar-refractivity contribution in [2.75, 3.05) is 35.0 Å². The molecular weight excluding hydrogens is 905 g/mol. The number of aromatic amines is 1. The Morgan fingerprint density at radius 2 is 0.986 bits per heavy atom. The third kappa shape index (κ3) is 10.8. The molecule has 7 aromatic rings. The fourth-order valence-corrected chi connectivity index (χ4v) is 10.4. The standard InChI is InChI=1S/C61H68N2O9/c1-7-8-9-10-11-12-19-40-70-54-41-55(63-42-43(2)58(64)62-59(63)65)71-56(54)57(60(44-20-15-13-16-21-44,45-24-32-50(66-3)33-25-45)46-26-34-51(67-4)35-27-46)72-61(47-22-17-14-18-23-47,48-28-36-52(68-5)37-29-48)49-30-38-53(69-6)39-31-49/h13-18,20-39,42,54-57H,7-12,19,40-41H2,1-6H3,(H,62,64,65)/t54-,55+,56-,57?/m0/s1. The number of methoxy groups -OCH3 is 4. The van der Waals surface area contributed by atoms with Gasteiger partial charge in [0.05, 0.1) is 40.0 Å². The molecule has 0 amide bonds. The summed E-state index contributed by atoms with van der Waals surface area (Å²) >= 11 is 0. The third-order valence-corrected chi connectivity index (χ3v) is 14.2. The van der Waals surface area contributed by atoms with Gasteiger partial charge in [0.2, 0.25) is 0 Å². The van der Waals surface area contributed by atoms with E-state index in [0.29, 0.717) is 35.2 Å². The van der Waals surface area contributed by atoms with Crippen LogP contribution in [0.25, 0.3) is 0 Å². The highest BCUT2D eigenvalue weighted by Crippen LogP contribution is 2.53. The number of hydrogen-bond donors (Lipinski definition) is 1. The fraction of sp³-hybridized carbons (Fsp3) is 0.344. The molecule has 8 rings (SSSR count). The molecule has 1 fully saturated rings. The number of rotatable bonds is 24. The summed E-state index contributed by atoms with van der Waals surface area (Å²) in [6, 6.07) is 52.8. The SMILES string of the molecule is CCCCCCCCCO[C@H]1C[C@H](n2cc(C)c(=O)[nH]c2=O)O[C@@H]1C(OC(c1ccccc1)(c1ccc(OC)cc1)c1ccc(OC)cc1)C(c1ccccc1)(c1ccc(OC)cc1)c1ccc(OC)cc1. The molecule has 0 bridgehead atoms. The predicted octanol–water partition coefficient (Wildman–Crippen LogP) is 11.7. The van der Waals surface area contributed by atoms with Gasteiger partial charge in [-0.1, -0.05) is 155 Å². The quantitative estimate of drug-likeness (QED) is 0.0466. The van der Waals surface area contributed by atoms with Crippen LogP contribution in [0.4, 0.5) is 0 Å². The Hall–Kier alpha value is -6.92. The number of benzene rings is 6. The second-order valence-corrected chi connectivity index (χ2v) is 18.5. The number of hydrogen-bond acceptors (Lipinski definition) is 9. The minimum atomic E-state index is -1.38. The lowest BCUT2D eigenvalue weighted by atomic mass is 9.63. The number of nitrogens with one attached hydrogen (secondary N) is 1. The van der Waals surface area contributed by atoms with Crippen LogP contribution in [0.15, 0.2) is 174 Å². The third-order valence-electron chi connectivity index (χ3n) is 14.2. The van der Waals surface area contributed by atoms with Gasteiger partial charge in [0.25, 0.3) is 5.56 Å². The summed E-state index contributed by atoms with van der Waals surface area (Å²) in [5.74, 6) is 2.74. The molecule has 0 aliphatic carbocycles. The van der Waals surface area contributed by atoms with Crippen LogP contribution in [0.2, 0.25) is 0 Å². The highest BCUT2D eigenvalue weighted by Gasteiger charge is 2.57. The average Bonchev–Trinajstić information content (AvgIpc) is 3.85. The van der Waals surface area contributed by atoms with E-state index in [2.05, 4.69) is 60.4 Å². The zero-order valence-corrected chi connectivity index (χ0v) is 42.4. The normalized spacial score (nSPS) is 16.3. The van der Waals surface area contributed by atoms with E-state index < -0.39 is 46.8 Å². The maximum Gasteiger partial charge on any atom is 0.330 e. The van der Waals surface area contributed by atoms with Crippen molar-refractivity contribution in [1.29, 1.82) is 0 Å². The van der Waals surface area contributed by atoms with Crippen molar-refractivity contribution in [2.24, 2.45) is 0 Å². The molecule has 1 aromatic heterocycles. The van der Waals surface area contributed by atoms with Crippen molar-refractivity contribution in [1.82, 2.24) is 9.55 Å². The zero-order valence-electron chi connectivity index (χ0n) is 42.4. The molecule has 1 aliphatic rings. The summed E-state index contributed by atoms with van der Waals surface area (Å²) in [6.07, 6.45) is 6.30. The summed E-state index contributed by atoms with van der Waals surface area (Å²) in [7, 11) is 6.63. The fourth-order valence-electron chi connectivity index (χ4n) is 10.4. The van der Waals surface area contributed by atoms with Crippen LogP contribution < -0.4 is 30.2 Å². The van der Waals surface area contributed by atoms with E-state index in [9.17, 15) is 9.59 Å². The smallest absolute Gasteiger partial charge is 0.330 e. The minimum Gasteiger partial charge on any atom is -0.497 e. The summed E-state index contributed by atoms with van der Waals surface area (Å²) in [4.78, 5) is 29.4. The number of aryl methyl sites for hydroxylation is 1. The Kier molecular flexibility index (Phi) is 17.1. The first-order chi connectivity index (χ1) is 35.2. The van der Waals surface area contributed by atoms with Gasteiger partial charge >= 0.3 is 5.69 Å². The first-order valence-corrected chi connectivity index (χ1v) is 25.2. The van der Waals surface area contributed by atoms with Gasteiger partial charge in [-0.25, -0.2) is 4.79 Å². The molecule has 1 N–H and O–H groups in total. The lowest BCUT2D eigenvalue weighted by molar-refractivity contribution is -0.166. The minimum absolute atomic E-state index is 0.284. The van der Waals surface area contributed by atoms with Gasteiger partial charge in [-0.3, -0.25) is 14.3 Å². The number of nitrogens with zero attached hydrogens (tertiary/aromatic N) is 1. The Morgan fingerprint density at radius 1 is 0.569 bits per heavy atom. The monoisotopic (exact) mass is 972 g/mol. The van der Waals surface area contributed by atoms with E-state index >= 15 is 0 Å². The van der Waals surface area contributed by atoms with Crippen LogP contribution in [0.5, 0.6) is 23.0 Å². The van der Waals surface area contributed by atoms with Gasteiger partial charge in [0.1, 0.15) is 47.0 Å². The molecular formula is C61H68N2O9. The Balaban J connectivity index is 1.46. The van der Waals surface area contributed by atoms with E-state index in [1.807, 2.05) is 109 Å². The van der Waals surface area contributed by atoms with Crippen LogP contribution in [0, 0.1) is 6.92 Å². The van der Waals surface area contributed by atoms with Crippen LogP contribution in [-0.2, 0) is 25.2 Å². The number of H-pyrrole nitrogens is 1. The maximum absolute atomic E-state index is 14.0. The molecule has 376 valence electrons. The average molecular weight is 973 g/mol. The molecule has 11 nitrogen and oxygen atoms in total. The molecule has 1 unspecified atom stereocenters. The van der Waals surface area contributed by atoms with E-state index in [1.54, 1.807) is 41.6 Å². The predicted molar refractivity (Wildman–Crippen MR) is 282 cm³/mol. The largest absolute Gasteiger partial charge is 0.497 e. The van der Waals surface area contributed by atoms with Crippen LogP contribution in [0.1, 0.15) is 103 Å². The highest BCUT2D eigenvalue weighted by atomic mass is 16.6. The number of unbranched alkanes of at least 4 members (excludes halogenated alkanes) is 6. The Bertz CT molecular complexity index is 2790. The van der Waals surface area contributed by atoms with E-state index in [4.69, 9.17) is 33.2 Å². The van der Waals surface area contributed by atoms with Gasteiger partial charge in [0, 0.05) is 24.8 Å². The summed E-state index contributed by atoms with van der Waals surface area (Å²) in [5.41, 5.74) is 1.92. The molecule has 6 aromatic carbocycles. The number of ether oxygens (including phenoxy) is 7. The zero-order chi connectivity index (χ0) is 50.5. The molecule has 4 atom stereocenters. The Labute approximate surface area is 423 Å². The second-order valence-electron chi connectivity index (χ2n) is 18.5. The van der Waals surface area contributed by atoms with Crippen molar-refractivity contribution in [2.45, 2.75) is 101 Å². The lowest BCUT2D eigenvalue weighted by Gasteiger charge is -2.50. The lowest BCUT2D eigenvalue weighted by Crippen LogP contribution is -2.56. The van der Waals surface area contributed by atoms with Crippen LogP contribution in [0.3, 0.4) is 0 Å². The van der Waals surface area contributed by atoms with Gasteiger partial charge < -0.3 is 33.2 Å². The maximum atomic E-state index is 14.0. The highest BCUT2D eigenvalue weighted by molar-refractivity contribution is 5.56. The van der Waals surface area contributed by atoms with Crippen molar-refractivity contribution >= 4 is 0 Å². The Morgan fingerprint density at radius 3 is 1.46 bits per heavy atom. The summed E-state index contributed by atoms with van der Waals surface area (Å²) in [6.45, 7) is 4.38. The molecule has 0 spiro atoms. The summed E-state index contributed by atoms with van der Waals surface area (Å²) in [5, 5.41) is 0. The molecule has 0 radical (unpaired) electrons. The second kappa shape index (κ2) is 24.0. The van der Waals surface area contributed by atoms with Gasteiger partial charge in [-0.05, 0) is 95.3 Å². The first kappa shape index (κ1) is 51.4. The van der Waals surface area contributed by atoms with E-state index in [-0.39, 0.29) is 6.42 Å². The molecule has 11 heteroatoms. The van der Waals surface area contributed by atoms with Crippen LogP contribution in [-0.4, -0.2) is 62.9 Å². The molecule has 2 heterocycles. The number of aromatic nitrogens is 2. The topological polar surface area (TPSA) is 119 Å². The molecule has 1 aliphatic heterocycles. The molecule has 0 saturated carbocycles. The van der Waals surface area contributed by atoms with Crippen molar-refractivity contribution in [3.63, 3.8) is 0 Å². The molecule has 1 saturated heterocycles. The van der Waals surface area contributed by atoms with Gasteiger partial charge in [0.15, 0.2) is 0 Å².